The van der Waals surface area contributed by atoms with Crippen LogP contribution in [0, 0.1) is 23.7 Å². The summed E-state index contributed by atoms with van der Waals surface area (Å²) < 4.78 is 0. The summed E-state index contributed by atoms with van der Waals surface area (Å²) in [6, 6.07) is 0. The Labute approximate surface area is 101 Å². The molecule has 0 aromatic rings. The number of ketones is 2. The average molecular weight is 228 g/mol. The molecule has 0 saturated heterocycles. The van der Waals surface area contributed by atoms with Gasteiger partial charge in [-0.15, -0.1) is 0 Å². The molecule has 0 aromatic heterocycles. The first-order valence-electron chi connectivity index (χ1n) is 6.35. The van der Waals surface area contributed by atoms with E-state index in [0.717, 1.165) is 19.3 Å². The SMILES string of the molecule is O=C1C=CC[C@H]2CC=C[C@@H]3CC=CC(=O)[C@H]3[C@H]12. The highest BCUT2D eigenvalue weighted by Gasteiger charge is 2.43. The molecule has 0 fully saturated rings. The second-order valence-electron chi connectivity index (χ2n) is 5.22. The lowest BCUT2D eigenvalue weighted by Gasteiger charge is -2.34. The fraction of sp³-hybridized carbons (Fsp3) is 0.467. The largest absolute Gasteiger partial charge is 0.295 e. The summed E-state index contributed by atoms with van der Waals surface area (Å²) in [5, 5.41) is 0. The first-order chi connectivity index (χ1) is 8.27. The van der Waals surface area contributed by atoms with Crippen molar-refractivity contribution in [2.45, 2.75) is 19.3 Å². The molecule has 0 spiro atoms. The minimum absolute atomic E-state index is 0.0857. The quantitative estimate of drug-likeness (QED) is 0.597. The van der Waals surface area contributed by atoms with E-state index >= 15 is 0 Å². The van der Waals surface area contributed by atoms with Crippen LogP contribution in [0.5, 0.6) is 0 Å². The van der Waals surface area contributed by atoms with E-state index in [1.807, 2.05) is 12.2 Å². The maximum absolute atomic E-state index is 12.1. The van der Waals surface area contributed by atoms with E-state index in [0.29, 0.717) is 5.92 Å². The third-order valence-electron chi connectivity index (χ3n) is 4.25. The van der Waals surface area contributed by atoms with E-state index in [-0.39, 0.29) is 29.3 Å². The Morgan fingerprint density at radius 3 is 2.29 bits per heavy atom. The predicted molar refractivity (Wildman–Crippen MR) is 65.2 cm³/mol. The minimum Gasteiger partial charge on any atom is -0.295 e. The zero-order chi connectivity index (χ0) is 11.8. The fourth-order valence-electron chi connectivity index (χ4n) is 3.44. The Kier molecular flexibility index (Phi) is 2.58. The number of carbonyl (C=O) groups excluding carboxylic acids is 2. The van der Waals surface area contributed by atoms with E-state index in [4.69, 9.17) is 0 Å². The number of rotatable bonds is 0. The van der Waals surface area contributed by atoms with E-state index in [1.165, 1.54) is 0 Å². The Bertz CT molecular complexity index is 442. The van der Waals surface area contributed by atoms with Gasteiger partial charge in [-0.05, 0) is 43.3 Å². The predicted octanol–water partition coefficient (Wildman–Crippen LogP) is 2.47. The van der Waals surface area contributed by atoms with Gasteiger partial charge >= 0.3 is 0 Å². The van der Waals surface area contributed by atoms with Crippen LogP contribution in [-0.4, -0.2) is 11.6 Å². The molecule has 0 aliphatic heterocycles. The minimum atomic E-state index is -0.110. The Balaban J connectivity index is 2.02. The number of fused-ring (bicyclic) bond motifs is 3. The van der Waals surface area contributed by atoms with Gasteiger partial charge in [0.05, 0.1) is 0 Å². The molecule has 3 rings (SSSR count). The van der Waals surface area contributed by atoms with Gasteiger partial charge < -0.3 is 0 Å². The van der Waals surface area contributed by atoms with Gasteiger partial charge in [0.25, 0.3) is 0 Å². The van der Waals surface area contributed by atoms with Crippen molar-refractivity contribution in [2.75, 3.05) is 0 Å². The molecule has 2 nitrogen and oxygen atoms in total. The lowest BCUT2D eigenvalue weighted by atomic mass is 9.67. The molecule has 2 heteroatoms. The third kappa shape index (κ3) is 1.72. The molecule has 0 saturated carbocycles. The van der Waals surface area contributed by atoms with Crippen molar-refractivity contribution >= 4 is 11.6 Å². The van der Waals surface area contributed by atoms with Gasteiger partial charge in [-0.3, -0.25) is 9.59 Å². The van der Waals surface area contributed by atoms with Crippen molar-refractivity contribution in [1.29, 1.82) is 0 Å². The summed E-state index contributed by atoms with van der Waals surface area (Å²) in [4.78, 5) is 24.2. The van der Waals surface area contributed by atoms with Gasteiger partial charge in [0, 0.05) is 11.8 Å². The third-order valence-corrected chi connectivity index (χ3v) is 4.25. The molecule has 17 heavy (non-hydrogen) atoms. The van der Waals surface area contributed by atoms with Gasteiger partial charge in [-0.25, -0.2) is 0 Å². The zero-order valence-electron chi connectivity index (χ0n) is 9.71. The van der Waals surface area contributed by atoms with Gasteiger partial charge in [0.15, 0.2) is 11.6 Å². The molecule has 0 heterocycles. The lowest BCUT2D eigenvalue weighted by Crippen LogP contribution is -2.39. The Hall–Kier alpha value is -1.44. The molecule has 0 N–H and O–H groups in total. The second-order valence-corrected chi connectivity index (χ2v) is 5.22. The average Bonchev–Trinajstić information content (AvgIpc) is 2.50. The highest BCUT2D eigenvalue weighted by atomic mass is 16.1. The van der Waals surface area contributed by atoms with Crippen LogP contribution in [0.25, 0.3) is 0 Å². The van der Waals surface area contributed by atoms with Gasteiger partial charge in [-0.1, -0.05) is 24.3 Å². The van der Waals surface area contributed by atoms with Gasteiger partial charge in [-0.2, -0.15) is 0 Å². The van der Waals surface area contributed by atoms with Crippen LogP contribution in [0.15, 0.2) is 36.5 Å². The molecule has 0 unspecified atom stereocenters. The fourth-order valence-corrected chi connectivity index (χ4v) is 3.44. The molecular weight excluding hydrogens is 212 g/mol. The molecule has 0 bridgehead atoms. The van der Waals surface area contributed by atoms with E-state index in [2.05, 4.69) is 12.2 Å². The summed E-state index contributed by atoms with van der Waals surface area (Å²) in [5.41, 5.74) is 0. The molecule has 0 radical (unpaired) electrons. The number of allylic oxidation sites excluding steroid dienone is 6. The van der Waals surface area contributed by atoms with Crippen LogP contribution in [-0.2, 0) is 9.59 Å². The summed E-state index contributed by atoms with van der Waals surface area (Å²) in [5.74, 6) is 0.667. The topological polar surface area (TPSA) is 34.1 Å². The van der Waals surface area contributed by atoms with Crippen LogP contribution in [0.1, 0.15) is 19.3 Å². The lowest BCUT2D eigenvalue weighted by molar-refractivity contribution is -0.131. The maximum atomic E-state index is 12.1. The summed E-state index contributed by atoms with van der Waals surface area (Å²) in [6.45, 7) is 0. The molecule has 88 valence electrons. The normalized spacial score (nSPS) is 39.8. The molecule has 3 aliphatic carbocycles. The van der Waals surface area contributed by atoms with Crippen LogP contribution >= 0.6 is 0 Å². The first-order valence-corrected chi connectivity index (χ1v) is 6.35. The molecule has 4 atom stereocenters. The van der Waals surface area contributed by atoms with Crippen molar-refractivity contribution in [3.8, 4) is 0 Å². The van der Waals surface area contributed by atoms with Gasteiger partial charge in [0.2, 0.25) is 0 Å². The standard InChI is InChI=1S/C15H16O2/c16-12-8-2-6-10-4-1-5-11-7-3-9-13(17)15(11)14(10)12/h1-4,8-11,14-15H,5-7H2/t10-,11-,14+,15+/m1/s1. The highest BCUT2D eigenvalue weighted by Crippen LogP contribution is 2.42. The number of carbonyl (C=O) groups is 2. The zero-order valence-corrected chi connectivity index (χ0v) is 9.71. The van der Waals surface area contributed by atoms with Crippen molar-refractivity contribution in [3.63, 3.8) is 0 Å². The monoisotopic (exact) mass is 228 g/mol. The van der Waals surface area contributed by atoms with E-state index in [9.17, 15) is 9.59 Å². The molecular formula is C15H16O2. The van der Waals surface area contributed by atoms with Crippen molar-refractivity contribution in [1.82, 2.24) is 0 Å². The van der Waals surface area contributed by atoms with Crippen molar-refractivity contribution in [2.24, 2.45) is 23.7 Å². The van der Waals surface area contributed by atoms with Crippen LogP contribution in [0.2, 0.25) is 0 Å². The summed E-state index contributed by atoms with van der Waals surface area (Å²) in [6.07, 6.45) is 14.3. The second kappa shape index (κ2) is 4.10. The van der Waals surface area contributed by atoms with E-state index in [1.54, 1.807) is 12.2 Å². The van der Waals surface area contributed by atoms with Crippen LogP contribution in [0.4, 0.5) is 0 Å². The molecule has 0 aromatic carbocycles. The number of hydrogen-bond donors (Lipinski definition) is 0. The number of hydrogen-bond acceptors (Lipinski definition) is 2. The van der Waals surface area contributed by atoms with E-state index < -0.39 is 0 Å². The smallest absolute Gasteiger partial charge is 0.159 e. The van der Waals surface area contributed by atoms with Crippen molar-refractivity contribution in [3.05, 3.63) is 36.5 Å². The summed E-state index contributed by atoms with van der Waals surface area (Å²) >= 11 is 0. The molecule has 3 aliphatic rings. The van der Waals surface area contributed by atoms with Gasteiger partial charge in [0.1, 0.15) is 0 Å². The Morgan fingerprint density at radius 1 is 0.824 bits per heavy atom. The Morgan fingerprint density at radius 2 is 1.47 bits per heavy atom. The van der Waals surface area contributed by atoms with Crippen LogP contribution < -0.4 is 0 Å². The van der Waals surface area contributed by atoms with Crippen LogP contribution in [0.3, 0.4) is 0 Å². The first kappa shape index (κ1) is 10.7. The molecule has 0 amide bonds. The maximum Gasteiger partial charge on any atom is 0.159 e. The summed E-state index contributed by atoms with van der Waals surface area (Å²) in [7, 11) is 0. The highest BCUT2D eigenvalue weighted by molar-refractivity contribution is 6.01. The van der Waals surface area contributed by atoms with Crippen molar-refractivity contribution < 1.29 is 9.59 Å².